The fourth-order valence-electron chi connectivity index (χ4n) is 2.56. The average molecular weight is 427 g/mol. The zero-order valence-corrected chi connectivity index (χ0v) is 17.5. The van der Waals surface area contributed by atoms with Crippen molar-refractivity contribution in [2.45, 2.75) is 31.3 Å². The van der Waals surface area contributed by atoms with Crippen molar-refractivity contribution in [2.24, 2.45) is 0 Å². The second-order valence-corrected chi connectivity index (χ2v) is 9.78. The summed E-state index contributed by atoms with van der Waals surface area (Å²) in [6, 6.07) is 7.27. The van der Waals surface area contributed by atoms with E-state index in [0.29, 0.717) is 22.5 Å². The van der Waals surface area contributed by atoms with E-state index in [-0.39, 0.29) is 5.75 Å². The summed E-state index contributed by atoms with van der Waals surface area (Å²) in [6.45, 7) is 4.21. The molecule has 2 heterocycles. The molecule has 3 aromatic rings. The van der Waals surface area contributed by atoms with E-state index in [1.54, 1.807) is 21.5 Å². The molecule has 2 aromatic heterocycles. The summed E-state index contributed by atoms with van der Waals surface area (Å²) in [4.78, 5) is 0. The van der Waals surface area contributed by atoms with Gasteiger partial charge in [-0.2, -0.15) is 9.78 Å². The van der Waals surface area contributed by atoms with Gasteiger partial charge < -0.3 is 0 Å². The lowest BCUT2D eigenvalue weighted by Gasteiger charge is -2.06. The van der Waals surface area contributed by atoms with Crippen molar-refractivity contribution in [1.29, 1.82) is 0 Å². The van der Waals surface area contributed by atoms with Crippen LogP contribution in [0.15, 0.2) is 29.4 Å². The van der Waals surface area contributed by atoms with Crippen LogP contribution < -0.4 is 0 Å². The molecule has 0 aliphatic carbocycles. The van der Waals surface area contributed by atoms with Crippen molar-refractivity contribution < 1.29 is 8.42 Å². The third-order valence-electron chi connectivity index (χ3n) is 4.06. The number of hydrogen-bond donors (Lipinski definition) is 0. The van der Waals surface area contributed by atoms with Crippen LogP contribution >= 0.6 is 23.4 Å². The van der Waals surface area contributed by atoms with Gasteiger partial charge in [0.2, 0.25) is 5.16 Å². The Balaban J connectivity index is 1.75. The predicted octanol–water partition coefficient (Wildman–Crippen LogP) is 2.47. The summed E-state index contributed by atoms with van der Waals surface area (Å²) in [6.07, 6.45) is 1.23. The fourth-order valence-corrected chi connectivity index (χ4v) is 4.24. The number of nitrogens with zero attached hydrogens (tertiary/aromatic N) is 6. The van der Waals surface area contributed by atoms with Crippen molar-refractivity contribution in [2.75, 3.05) is 12.0 Å². The molecule has 3 rings (SSSR count). The van der Waals surface area contributed by atoms with E-state index in [0.717, 1.165) is 22.6 Å². The molecule has 0 atom stereocenters. The summed E-state index contributed by atoms with van der Waals surface area (Å²) in [7, 11) is -3.04. The van der Waals surface area contributed by atoms with Gasteiger partial charge in [-0.25, -0.2) is 8.42 Å². The number of rotatable bonds is 7. The maximum absolute atomic E-state index is 11.4. The van der Waals surface area contributed by atoms with Crippen LogP contribution in [-0.2, 0) is 22.1 Å². The summed E-state index contributed by atoms with van der Waals surface area (Å²) in [5, 5.41) is 17.7. The summed E-state index contributed by atoms with van der Waals surface area (Å²) < 4.78 is 26.2. The van der Waals surface area contributed by atoms with E-state index in [9.17, 15) is 8.42 Å². The van der Waals surface area contributed by atoms with Crippen LogP contribution in [0.5, 0.6) is 0 Å². The van der Waals surface area contributed by atoms with Gasteiger partial charge in [0.1, 0.15) is 9.84 Å². The maximum atomic E-state index is 11.4. The normalized spacial score (nSPS) is 11.9. The molecule has 1 aromatic carbocycles. The van der Waals surface area contributed by atoms with E-state index in [2.05, 4.69) is 20.6 Å². The number of aryl methyl sites for hydroxylation is 2. The van der Waals surface area contributed by atoms with Crippen molar-refractivity contribution in [3.63, 3.8) is 0 Å². The Morgan fingerprint density at radius 1 is 1.19 bits per heavy atom. The van der Waals surface area contributed by atoms with Gasteiger partial charge >= 0.3 is 0 Å². The Hall–Kier alpha value is -1.91. The second kappa shape index (κ2) is 7.99. The average Bonchev–Trinajstić information content (AvgIpc) is 3.16. The van der Waals surface area contributed by atoms with Crippen LogP contribution in [0.3, 0.4) is 0 Å². The first-order chi connectivity index (χ1) is 12.7. The van der Waals surface area contributed by atoms with Gasteiger partial charge in [-0.3, -0.25) is 4.68 Å². The SMILES string of the molecule is Cc1nn(CCS(C)(=O)=O)c(C)c1CSc1nnnn1-c1ccc(Cl)cc1. The molecule has 0 aliphatic rings. The number of tetrazole rings is 1. The van der Waals surface area contributed by atoms with Crippen LogP contribution in [-0.4, -0.2) is 50.4 Å². The molecule has 0 spiro atoms. The van der Waals surface area contributed by atoms with Gasteiger partial charge in [-0.15, -0.1) is 5.10 Å². The van der Waals surface area contributed by atoms with Gasteiger partial charge in [0.25, 0.3) is 0 Å². The first-order valence-corrected chi connectivity index (χ1v) is 11.5. The lowest BCUT2D eigenvalue weighted by Crippen LogP contribution is -2.13. The van der Waals surface area contributed by atoms with E-state index >= 15 is 0 Å². The minimum absolute atomic E-state index is 0.0658. The zero-order valence-electron chi connectivity index (χ0n) is 15.1. The third-order valence-corrected chi connectivity index (χ3v) is 6.18. The minimum atomic E-state index is -3.04. The van der Waals surface area contributed by atoms with Gasteiger partial charge in [0, 0.05) is 28.3 Å². The van der Waals surface area contributed by atoms with Crippen LogP contribution in [0.1, 0.15) is 17.0 Å². The highest BCUT2D eigenvalue weighted by Crippen LogP contribution is 2.26. The Kier molecular flexibility index (Phi) is 5.87. The van der Waals surface area contributed by atoms with Crippen LogP contribution in [0.25, 0.3) is 5.69 Å². The highest BCUT2D eigenvalue weighted by molar-refractivity contribution is 7.98. The van der Waals surface area contributed by atoms with Crippen molar-refractivity contribution >= 4 is 33.2 Å². The number of aromatic nitrogens is 6. The smallest absolute Gasteiger partial charge is 0.214 e. The summed E-state index contributed by atoms with van der Waals surface area (Å²) in [5.74, 6) is 0.695. The molecule has 0 fully saturated rings. The standard InChI is InChI=1S/C16H19ClN6O2S2/c1-11-15(12(2)22(19-11)8-9-27(3,24)25)10-26-16-18-20-21-23(16)14-6-4-13(17)5-7-14/h4-7H,8-10H2,1-3H3. The molecule has 11 heteroatoms. The molecular weight excluding hydrogens is 408 g/mol. The Labute approximate surface area is 166 Å². The van der Waals surface area contributed by atoms with Crippen molar-refractivity contribution in [3.8, 4) is 5.69 Å². The van der Waals surface area contributed by atoms with Crippen molar-refractivity contribution in [3.05, 3.63) is 46.2 Å². The molecule has 0 N–H and O–H groups in total. The molecule has 0 unspecified atom stereocenters. The van der Waals surface area contributed by atoms with E-state index < -0.39 is 9.84 Å². The number of thioether (sulfide) groups is 1. The molecule has 0 bridgehead atoms. The van der Waals surface area contributed by atoms with E-state index in [1.165, 1.54) is 18.0 Å². The van der Waals surface area contributed by atoms with Gasteiger partial charge in [0.15, 0.2) is 0 Å². The van der Waals surface area contributed by atoms with Crippen LogP contribution in [0.2, 0.25) is 5.02 Å². The number of halogens is 1. The Morgan fingerprint density at radius 3 is 2.56 bits per heavy atom. The Morgan fingerprint density at radius 2 is 1.89 bits per heavy atom. The summed E-state index contributed by atoms with van der Waals surface area (Å²) >= 11 is 7.43. The molecule has 0 saturated heterocycles. The van der Waals surface area contributed by atoms with Crippen molar-refractivity contribution in [1.82, 2.24) is 30.0 Å². The van der Waals surface area contributed by atoms with Gasteiger partial charge in [0.05, 0.1) is 23.7 Å². The molecule has 0 radical (unpaired) electrons. The monoisotopic (exact) mass is 426 g/mol. The molecule has 144 valence electrons. The zero-order chi connectivity index (χ0) is 19.6. The quantitative estimate of drug-likeness (QED) is 0.535. The molecule has 0 amide bonds. The molecule has 0 aliphatic heterocycles. The molecular formula is C16H19ClN6O2S2. The fraction of sp³-hybridized carbons (Fsp3) is 0.375. The van der Waals surface area contributed by atoms with Gasteiger partial charge in [-0.05, 0) is 48.5 Å². The second-order valence-electron chi connectivity index (χ2n) is 6.14. The third kappa shape index (κ3) is 4.88. The topological polar surface area (TPSA) is 95.6 Å². The first-order valence-electron chi connectivity index (χ1n) is 8.12. The summed E-state index contributed by atoms with van der Waals surface area (Å²) in [5.41, 5.74) is 3.71. The highest BCUT2D eigenvalue weighted by Gasteiger charge is 2.16. The molecule has 27 heavy (non-hydrogen) atoms. The van der Waals surface area contributed by atoms with Crippen LogP contribution in [0.4, 0.5) is 0 Å². The molecule has 8 nitrogen and oxygen atoms in total. The minimum Gasteiger partial charge on any atom is -0.268 e. The molecule has 0 saturated carbocycles. The van der Waals surface area contributed by atoms with Gasteiger partial charge in [-0.1, -0.05) is 23.4 Å². The lowest BCUT2D eigenvalue weighted by molar-refractivity contribution is 0.581. The number of hydrogen-bond acceptors (Lipinski definition) is 7. The van der Waals surface area contributed by atoms with Crippen LogP contribution in [0, 0.1) is 13.8 Å². The number of sulfone groups is 1. The van der Waals surface area contributed by atoms with E-state index in [4.69, 9.17) is 11.6 Å². The maximum Gasteiger partial charge on any atom is 0.214 e. The first kappa shape index (κ1) is 19.8. The Bertz CT molecular complexity index is 1040. The number of benzene rings is 1. The highest BCUT2D eigenvalue weighted by atomic mass is 35.5. The van der Waals surface area contributed by atoms with E-state index in [1.807, 2.05) is 26.0 Å². The lowest BCUT2D eigenvalue weighted by atomic mass is 10.2. The largest absolute Gasteiger partial charge is 0.268 e. The predicted molar refractivity (Wildman–Crippen MR) is 105 cm³/mol.